The van der Waals surface area contributed by atoms with Gasteiger partial charge in [0.15, 0.2) is 0 Å². The maximum atomic E-state index is 12.1. The highest BCUT2D eigenvalue weighted by Gasteiger charge is 2.53. The van der Waals surface area contributed by atoms with E-state index >= 15 is 0 Å². The summed E-state index contributed by atoms with van der Waals surface area (Å²) in [7, 11) is 98.1. The summed E-state index contributed by atoms with van der Waals surface area (Å²) < 4.78 is 39.9. The Morgan fingerprint density at radius 3 is 1.23 bits per heavy atom. The molecular weight excluding hydrogens is 1520 g/mol. The van der Waals surface area contributed by atoms with Gasteiger partial charge in [-0.2, -0.15) is 0 Å². The summed E-state index contributed by atoms with van der Waals surface area (Å²) in [5.41, 5.74) is 12.3. The topological polar surface area (TPSA) is 299 Å². The van der Waals surface area contributed by atoms with Crippen LogP contribution in [0.15, 0.2) is 55.0 Å². The van der Waals surface area contributed by atoms with E-state index in [0.717, 1.165) is 155 Å². The minimum atomic E-state index is -1.07. The van der Waals surface area contributed by atoms with Crippen LogP contribution in [-0.2, 0) is 51.0 Å². The van der Waals surface area contributed by atoms with E-state index in [9.17, 15) is 24.0 Å². The number of nitrogens with two attached hydrogens (primary N) is 2. The molecule has 1 atom stereocenters. The van der Waals surface area contributed by atoms with E-state index in [4.69, 9.17) is 168 Å². The van der Waals surface area contributed by atoms with Gasteiger partial charge in [0.05, 0.1) is 36.6 Å². The zero-order chi connectivity index (χ0) is 92.1. The molecule has 0 saturated carbocycles. The number of nitrogens with zero attached hydrogens (tertiary/aromatic N) is 6. The third-order valence-corrected chi connectivity index (χ3v) is 21.1. The van der Waals surface area contributed by atoms with Gasteiger partial charge in [-0.3, -0.25) is 30.0 Å². The van der Waals surface area contributed by atoms with Crippen molar-refractivity contribution < 1.29 is 57.1 Å². The molecule has 8 heterocycles. The first kappa shape index (κ1) is 114. The van der Waals surface area contributed by atoms with Gasteiger partial charge in [-0.25, -0.2) is 29.3 Å². The molecule has 5 fully saturated rings. The van der Waals surface area contributed by atoms with Crippen LogP contribution in [0, 0.1) is 0 Å². The molecule has 8 N–H and O–H groups in total. The molecule has 124 heavy (non-hydrogen) atoms. The van der Waals surface area contributed by atoms with E-state index < -0.39 is 124 Å². The second-order valence-corrected chi connectivity index (χ2v) is 36.5. The second-order valence-electron chi connectivity index (χ2n) is 36.5. The summed E-state index contributed by atoms with van der Waals surface area (Å²) in [4.78, 5) is 76.7. The summed E-state index contributed by atoms with van der Waals surface area (Å²) in [6, 6.07) is 10.9. The predicted octanol–water partition coefficient (Wildman–Crippen LogP) is -2.14. The van der Waals surface area contributed by atoms with Gasteiger partial charge in [-0.15, -0.1) is 0 Å². The van der Waals surface area contributed by atoms with E-state index in [-0.39, 0.29) is 32.7 Å². The Kier molecular flexibility index (Phi) is 52.7. The van der Waals surface area contributed by atoms with E-state index in [1.54, 1.807) is 44.1 Å². The van der Waals surface area contributed by atoms with Crippen molar-refractivity contribution in [3.63, 3.8) is 0 Å². The highest BCUT2D eigenvalue weighted by molar-refractivity contribution is 8.28. The number of nitrogen functional groups attached to an aromatic ring is 1. The average molecular weight is 1640 g/mol. The predicted molar refractivity (Wildman–Crippen MR) is 541 cm³/mol. The van der Waals surface area contributed by atoms with Crippen molar-refractivity contribution in [2.45, 2.75) is 239 Å². The number of hydrogen-bond donors (Lipinski definition) is 6. The summed E-state index contributed by atoms with van der Waals surface area (Å²) >= 11 is 0. The van der Waals surface area contributed by atoms with Crippen molar-refractivity contribution in [2.24, 2.45) is 5.73 Å². The lowest BCUT2D eigenvalue weighted by atomic mass is 8.31. The number of nitrogens with one attached hydrogen (secondary N) is 4. The quantitative estimate of drug-likeness (QED) is 0.0168. The monoisotopic (exact) mass is 1640 g/mol. The van der Waals surface area contributed by atoms with Crippen molar-refractivity contribution in [1.82, 2.24) is 40.3 Å². The molecule has 36 radical (unpaired) electrons. The summed E-state index contributed by atoms with van der Waals surface area (Å²) in [5.74, 6) is 1.18. The number of ether oxygens (including phenoxy) is 7. The molecule has 3 aromatic rings. The van der Waals surface area contributed by atoms with Crippen molar-refractivity contribution in [3.05, 3.63) is 71.7 Å². The molecule has 1 unspecified atom stereocenters. The van der Waals surface area contributed by atoms with Gasteiger partial charge in [0.25, 0.3) is 0 Å². The molecule has 0 spiro atoms. The number of aromatic nitrogens is 3. The lowest BCUT2D eigenvalue weighted by Gasteiger charge is -2.50. The maximum absolute atomic E-state index is 12.1. The second kappa shape index (κ2) is 57.3. The van der Waals surface area contributed by atoms with Gasteiger partial charge < -0.3 is 60.2 Å². The zero-order valence-electron chi connectivity index (χ0n) is 75.8. The van der Waals surface area contributed by atoms with Crippen LogP contribution in [0.3, 0.4) is 0 Å². The number of esters is 1. The molecule has 0 bridgehead atoms. The molecule has 3 aromatic heterocycles. The first-order valence-corrected chi connectivity index (χ1v) is 43.3. The van der Waals surface area contributed by atoms with Crippen molar-refractivity contribution in [3.8, 4) is 0 Å². The number of likely N-dealkylation sites (tertiary alicyclic amines) is 3. The van der Waals surface area contributed by atoms with Crippen LogP contribution in [0.2, 0.25) is 0 Å². The fraction of sp³-hybridized carbons (Fsp3) is 0.706. The molecule has 5 aliphatic rings. The van der Waals surface area contributed by atoms with Crippen LogP contribution in [0.25, 0.3) is 0 Å². The van der Waals surface area contributed by atoms with Gasteiger partial charge in [0.2, 0.25) is 0 Å². The molecule has 56 heteroatoms. The zero-order valence-corrected chi connectivity index (χ0v) is 75.8. The Morgan fingerprint density at radius 2 is 0.855 bits per heavy atom. The number of piperidine rings is 5. The molecule has 5 saturated heterocycles. The number of aldehydes is 1. The van der Waals surface area contributed by atoms with E-state index in [1.807, 2.05) is 86.6 Å². The smallest absolute Gasteiger partial charge is 0.413 e. The largest absolute Gasteiger partial charge is 0.460 e. The van der Waals surface area contributed by atoms with Crippen LogP contribution in [0.1, 0.15) is 188 Å². The third kappa shape index (κ3) is 45.7. The number of carbonyl (C=O) groups is 5. The number of amides is 3. The lowest BCUT2D eigenvalue weighted by Crippen LogP contribution is -2.89. The Labute approximate surface area is 773 Å². The lowest BCUT2D eigenvalue weighted by molar-refractivity contribution is -0.156. The first-order chi connectivity index (χ1) is 57.6. The van der Waals surface area contributed by atoms with Crippen molar-refractivity contribution >= 4 is 277 Å². The third-order valence-electron chi connectivity index (χ3n) is 21.1. The summed E-state index contributed by atoms with van der Waals surface area (Å²) in [6.07, 6.45) is 4.83. The highest BCUT2D eigenvalue weighted by Crippen LogP contribution is 2.26. The van der Waals surface area contributed by atoms with Crippen LogP contribution < -0.4 is 32.7 Å². The van der Waals surface area contributed by atoms with Crippen molar-refractivity contribution in [1.29, 1.82) is 0 Å². The standard InChI is InChI=1S/C26H44N4O5.C16H26N4O.C15H28N2O3.C11H14N2O3.B31.B/c1-25(2,3)34-23(31)8-7-20(9-13-27)33-21-11-15-30(16-12-21)18-19-10-14-28-22(17-19)29-24(32)35-26(4,5)6;17-16-11-13(1-8-19-16)12-20-9-4-15(5-10-20)21-14-2-6-18-7-3-14;1-15(2,3)20-14(18)17-10-6-13(7-11-17)19-12-4-8-16-9-5-12;1-11(2,3)16-10(15)13-9-6-8(7-14)4-5-12-9;1-17-25(16)29(24(14)15)31(28(22(10)11)23(12)13)30(26(18(2)3)19(4)5)27(20(6)7)21(8)9;/h10,14,17,20-21H,7-9,11-13,15-16,18,27H2,1-6H3,(H,28,29,32);1,8,11,14-15,18H,2-7,9-10,12H2,(H2,17,19);12-13,16H,4-11H2,1-3H3;4-7H,1-3H3,(H,12,13,15);;. The molecule has 0 aliphatic carbocycles. The highest BCUT2D eigenvalue weighted by atomic mass is 16.6. The Balaban J connectivity index is 0.000000410. The molecule has 0 aromatic carbocycles. The van der Waals surface area contributed by atoms with E-state index in [0.29, 0.717) is 73.1 Å². The molecule has 5 aliphatic heterocycles. The normalized spacial score (nSPS) is 15.9. The Hall–Kier alpha value is -4.04. The molecule has 8 rings (SSSR count). The van der Waals surface area contributed by atoms with Gasteiger partial charge in [-0.1, -0.05) is 0 Å². The first-order valence-electron chi connectivity index (χ1n) is 43.3. The molecule has 3 amide bonds. The average Bonchev–Trinajstić information content (AvgIpc) is 0.761. The summed E-state index contributed by atoms with van der Waals surface area (Å²) in [6.45, 7) is 34.2. The van der Waals surface area contributed by atoms with Crippen LogP contribution in [-0.4, -0.2) is 420 Å². The van der Waals surface area contributed by atoms with Gasteiger partial charge in [0.1, 0.15) is 46.1 Å². The van der Waals surface area contributed by atoms with Crippen molar-refractivity contribution in [2.75, 3.05) is 88.4 Å². The van der Waals surface area contributed by atoms with E-state index in [2.05, 4.69) is 46.0 Å². The van der Waals surface area contributed by atoms with Crippen LogP contribution in [0.4, 0.5) is 31.8 Å². The van der Waals surface area contributed by atoms with Gasteiger partial charge >= 0.3 is 24.2 Å². The minimum Gasteiger partial charge on any atom is -0.460 e. The Morgan fingerprint density at radius 1 is 0.492 bits per heavy atom. The van der Waals surface area contributed by atoms with Gasteiger partial charge in [-0.05, 0) is 240 Å². The molecule has 24 nitrogen and oxygen atoms in total. The fourth-order valence-corrected chi connectivity index (χ4v) is 15.6. The Bertz CT molecular complexity index is 3490. The number of carbonyl (C=O) groups excluding carboxylic acids is 5. The van der Waals surface area contributed by atoms with Gasteiger partial charge in [0, 0.05) is 312 Å². The maximum Gasteiger partial charge on any atom is 0.413 e. The number of pyridine rings is 3. The summed E-state index contributed by atoms with van der Waals surface area (Å²) in [5, 5.41) is 11.9. The van der Waals surface area contributed by atoms with Crippen LogP contribution >= 0.6 is 0 Å². The molecule has 612 valence electrons. The fourth-order valence-electron chi connectivity index (χ4n) is 15.6. The minimum absolute atomic E-state index is 0. The number of rotatable bonds is 32. The number of anilines is 3. The van der Waals surface area contributed by atoms with Crippen LogP contribution in [0.5, 0.6) is 0 Å². The van der Waals surface area contributed by atoms with E-state index in [1.165, 1.54) is 24.9 Å². The molecular formula is C68H112B32N12O12. The number of hydrogen-bond acceptors (Lipinski definition) is 21. The SMILES string of the molecule is CC(C)(C)OC(=O)CCC(CCN)OC1CCN(Cc2ccnc(NC(=O)OC(C)(C)C)c2)CC1.CC(C)(C)OC(=O)N1CCC(OC2CCNCC2)CC1.CC(C)(C)OC(=O)Nc1cc(C=O)ccn1.Nc1cc(CN2CCC(OC3CCNCC3)CC2)ccn1.[B].[B][B]B([B])B(B([B])[B])B(B(B([B])[B])B([B])[B])B(B(B([B])[B])B([B])[B])B(B([B])[B])B([B])[B].